The number of aryl methyl sites for hydroxylation is 1. The van der Waals surface area contributed by atoms with Crippen LogP contribution < -0.4 is 5.32 Å². The van der Waals surface area contributed by atoms with Crippen molar-refractivity contribution < 1.29 is 27.9 Å². The Kier molecular flexibility index (Phi) is 12.2. The van der Waals surface area contributed by atoms with E-state index >= 15 is 0 Å². The Bertz CT molecular complexity index is 1450. The van der Waals surface area contributed by atoms with Gasteiger partial charge in [0.15, 0.2) is 0 Å². The molecule has 2 fully saturated rings. The molecule has 9 nitrogen and oxygen atoms in total. The summed E-state index contributed by atoms with van der Waals surface area (Å²) in [4.78, 5) is 43.5. The van der Waals surface area contributed by atoms with Crippen LogP contribution in [0.1, 0.15) is 85.7 Å². The van der Waals surface area contributed by atoms with Gasteiger partial charge in [-0.05, 0) is 86.4 Å². The maximum absolute atomic E-state index is 13.9. The van der Waals surface area contributed by atoms with Crippen LogP contribution in [0.25, 0.3) is 11.1 Å². The first-order valence-electron chi connectivity index (χ1n) is 16.3. The van der Waals surface area contributed by atoms with E-state index in [4.69, 9.17) is 0 Å². The molecular weight excluding hydrogens is 590 g/mol. The third-order valence-electron chi connectivity index (χ3n) is 9.34. The zero-order valence-electron chi connectivity index (χ0n) is 27.0. The summed E-state index contributed by atoms with van der Waals surface area (Å²) in [5, 5.41) is 12.2. The zero-order valence-corrected chi connectivity index (χ0v) is 27.8. The highest BCUT2D eigenvalue weighted by atomic mass is 32.2. The van der Waals surface area contributed by atoms with Crippen LogP contribution in [0.15, 0.2) is 42.5 Å². The average Bonchev–Trinajstić information content (AvgIpc) is 3.02. The molecule has 0 bridgehead atoms. The Labute approximate surface area is 268 Å². The van der Waals surface area contributed by atoms with Gasteiger partial charge in [-0.3, -0.25) is 14.5 Å². The fraction of sp³-hybridized carbons (Fsp3) is 0.571. The molecular formula is C35H49N3O6S. The van der Waals surface area contributed by atoms with Crippen molar-refractivity contribution in [3.63, 3.8) is 0 Å². The van der Waals surface area contributed by atoms with Crippen LogP contribution >= 0.6 is 0 Å². The molecule has 1 unspecified atom stereocenters. The van der Waals surface area contributed by atoms with Crippen molar-refractivity contribution >= 4 is 27.6 Å². The first-order valence-corrected chi connectivity index (χ1v) is 18.4. The molecule has 0 aromatic heterocycles. The van der Waals surface area contributed by atoms with E-state index in [2.05, 4.69) is 10.2 Å². The molecule has 2 N–H and O–H groups in total. The smallest absolute Gasteiger partial charge is 0.326 e. The molecule has 10 heteroatoms. The highest BCUT2D eigenvalue weighted by molar-refractivity contribution is 7.90. The number of benzene rings is 2. The molecule has 246 valence electrons. The second kappa shape index (κ2) is 15.9. The van der Waals surface area contributed by atoms with Crippen LogP contribution in [-0.2, 0) is 26.0 Å². The van der Waals surface area contributed by atoms with Gasteiger partial charge in [-0.25, -0.2) is 13.2 Å². The monoisotopic (exact) mass is 639 g/mol. The molecule has 2 aromatic rings. The lowest BCUT2D eigenvalue weighted by Crippen LogP contribution is -2.49. The summed E-state index contributed by atoms with van der Waals surface area (Å²) in [6.45, 7) is 4.11. The van der Waals surface area contributed by atoms with Gasteiger partial charge in [0.1, 0.15) is 15.9 Å². The molecule has 1 saturated heterocycles. The number of amides is 2. The molecule has 1 aliphatic carbocycles. The lowest BCUT2D eigenvalue weighted by molar-refractivity contribution is -0.139. The fourth-order valence-corrected chi connectivity index (χ4v) is 7.41. The molecule has 1 heterocycles. The maximum atomic E-state index is 13.9. The second-order valence-electron chi connectivity index (χ2n) is 13.0. The SMILES string of the molecule is Cc1ccccc1-c1cc(CN(C)C(CC2CCCCC2)C(=O)N2CCCCC2)ccc1C(=O)N[C@@H](CCS(C)(=O)=O)C(=O)O. The van der Waals surface area contributed by atoms with E-state index in [9.17, 15) is 27.9 Å². The minimum Gasteiger partial charge on any atom is -0.480 e. The van der Waals surface area contributed by atoms with E-state index in [0.717, 1.165) is 55.3 Å². The summed E-state index contributed by atoms with van der Waals surface area (Å²) < 4.78 is 23.3. The number of nitrogens with zero attached hydrogens (tertiary/aromatic N) is 2. The molecule has 1 saturated carbocycles. The van der Waals surface area contributed by atoms with Crippen molar-refractivity contribution in [1.29, 1.82) is 0 Å². The number of likely N-dealkylation sites (N-methyl/N-ethyl adjacent to an activating group) is 1. The summed E-state index contributed by atoms with van der Waals surface area (Å²) in [5.41, 5.74) is 3.72. The molecule has 4 rings (SSSR count). The van der Waals surface area contributed by atoms with Crippen molar-refractivity contribution in [2.24, 2.45) is 5.92 Å². The highest BCUT2D eigenvalue weighted by Crippen LogP contribution is 2.32. The van der Waals surface area contributed by atoms with Gasteiger partial charge in [0, 0.05) is 31.5 Å². The minimum atomic E-state index is -3.40. The predicted molar refractivity (Wildman–Crippen MR) is 177 cm³/mol. The number of carboxylic acids is 1. The van der Waals surface area contributed by atoms with E-state index in [1.54, 1.807) is 6.07 Å². The van der Waals surface area contributed by atoms with Gasteiger partial charge in [0.2, 0.25) is 5.91 Å². The van der Waals surface area contributed by atoms with Crippen molar-refractivity contribution in [2.45, 2.75) is 89.8 Å². The second-order valence-corrected chi connectivity index (χ2v) is 15.3. The Morgan fingerprint density at radius 1 is 0.978 bits per heavy atom. The molecule has 1 aliphatic heterocycles. The number of aliphatic carboxylic acids is 1. The van der Waals surface area contributed by atoms with Crippen LogP contribution in [0.3, 0.4) is 0 Å². The van der Waals surface area contributed by atoms with E-state index in [0.29, 0.717) is 23.6 Å². The molecule has 2 amide bonds. The normalized spacial score (nSPS) is 17.6. The van der Waals surface area contributed by atoms with Gasteiger partial charge in [0.05, 0.1) is 11.8 Å². The fourth-order valence-electron chi connectivity index (χ4n) is 6.74. The average molecular weight is 640 g/mol. The van der Waals surface area contributed by atoms with Gasteiger partial charge in [-0.2, -0.15) is 0 Å². The summed E-state index contributed by atoms with van der Waals surface area (Å²) >= 11 is 0. The van der Waals surface area contributed by atoms with E-state index < -0.39 is 27.8 Å². The van der Waals surface area contributed by atoms with Gasteiger partial charge in [0.25, 0.3) is 5.91 Å². The molecule has 0 radical (unpaired) electrons. The number of piperidine rings is 1. The molecule has 45 heavy (non-hydrogen) atoms. The quantitative estimate of drug-likeness (QED) is 0.314. The van der Waals surface area contributed by atoms with E-state index in [1.807, 2.05) is 55.3 Å². The minimum absolute atomic E-state index is 0.215. The van der Waals surface area contributed by atoms with Gasteiger partial charge >= 0.3 is 5.97 Å². The number of carbonyl (C=O) groups excluding carboxylic acids is 2. The number of nitrogens with one attached hydrogen (secondary N) is 1. The number of sulfone groups is 1. The number of likely N-dealkylation sites (tertiary alicyclic amines) is 1. The largest absolute Gasteiger partial charge is 0.480 e. The lowest BCUT2D eigenvalue weighted by Gasteiger charge is -2.37. The summed E-state index contributed by atoms with van der Waals surface area (Å²) in [7, 11) is -1.39. The molecule has 2 aromatic carbocycles. The van der Waals surface area contributed by atoms with Crippen molar-refractivity contribution in [1.82, 2.24) is 15.1 Å². The first-order chi connectivity index (χ1) is 21.4. The lowest BCUT2D eigenvalue weighted by atomic mass is 9.84. The third kappa shape index (κ3) is 9.87. The Morgan fingerprint density at radius 3 is 2.29 bits per heavy atom. The molecule has 0 spiro atoms. The van der Waals surface area contributed by atoms with Crippen LogP contribution in [0, 0.1) is 12.8 Å². The zero-order chi connectivity index (χ0) is 32.6. The summed E-state index contributed by atoms with van der Waals surface area (Å²) in [5.74, 6) is -1.46. The molecule has 2 aliphatic rings. The third-order valence-corrected chi connectivity index (χ3v) is 10.3. The van der Waals surface area contributed by atoms with Crippen LogP contribution in [0.2, 0.25) is 0 Å². The first kappa shape index (κ1) is 34.6. The molecule has 2 atom stereocenters. The van der Waals surface area contributed by atoms with Crippen LogP contribution in [0.4, 0.5) is 0 Å². The van der Waals surface area contributed by atoms with Crippen molar-refractivity contribution in [3.05, 3.63) is 59.2 Å². The topological polar surface area (TPSA) is 124 Å². The van der Waals surface area contributed by atoms with Gasteiger partial charge in [-0.1, -0.05) is 62.4 Å². The van der Waals surface area contributed by atoms with Crippen molar-refractivity contribution in [3.8, 4) is 11.1 Å². The maximum Gasteiger partial charge on any atom is 0.326 e. The van der Waals surface area contributed by atoms with Gasteiger partial charge < -0.3 is 15.3 Å². The number of carboxylic acid groups (broad SMARTS) is 1. The predicted octanol–water partition coefficient (Wildman–Crippen LogP) is 5.06. The Morgan fingerprint density at radius 2 is 1.64 bits per heavy atom. The number of rotatable bonds is 13. The number of hydrogen-bond donors (Lipinski definition) is 2. The van der Waals surface area contributed by atoms with Crippen LogP contribution in [-0.4, -0.2) is 85.3 Å². The summed E-state index contributed by atoms with van der Waals surface area (Å²) in [6, 6.07) is 11.7. The van der Waals surface area contributed by atoms with E-state index in [1.165, 1.54) is 38.5 Å². The summed E-state index contributed by atoms with van der Waals surface area (Å²) in [6.07, 6.45) is 11.0. The highest BCUT2D eigenvalue weighted by Gasteiger charge is 2.32. The van der Waals surface area contributed by atoms with Crippen LogP contribution in [0.5, 0.6) is 0 Å². The van der Waals surface area contributed by atoms with Gasteiger partial charge in [-0.15, -0.1) is 0 Å². The van der Waals surface area contributed by atoms with E-state index in [-0.39, 0.29) is 24.1 Å². The Hall–Kier alpha value is -3.24. The number of carbonyl (C=O) groups is 3. The Balaban J connectivity index is 1.62. The standard InChI is InChI=1S/C35H49N3O6S/c1-25-12-8-9-15-28(25)30-22-27(16-17-29(30)33(39)36-31(35(41)42)18-21-45(3,43)44)24-37(2)32(23-26-13-6-4-7-14-26)34(40)38-19-10-5-11-20-38/h8-9,12,15-17,22,26,31-32H,4-7,10-11,13-14,18-21,23-24H2,1-3H3,(H,36,39)(H,41,42)/t31-,32?/m0/s1. The van der Waals surface area contributed by atoms with Crippen molar-refractivity contribution in [2.75, 3.05) is 32.1 Å². The number of hydrogen-bond acceptors (Lipinski definition) is 6.